The molecule has 4 heteroatoms. The average Bonchev–Trinajstić information content (AvgIpc) is 2.71. The molecule has 4 N–H and O–H groups in total. The fraction of sp³-hybridized carbons (Fsp3) is 0.0833. The van der Waals surface area contributed by atoms with E-state index in [1.807, 2.05) is 91.0 Å². The first kappa shape index (κ1) is 18.0. The Bertz CT molecular complexity index is 992. The Balaban J connectivity index is 1.51. The molecule has 1 aliphatic carbocycles. The SMILES string of the molecule is OC1(O)CC(c2ccc(Nc3ccccc3)cc2)=CC=C1Nc1ccccc1. The number of para-hydroxylation sites is 2. The summed E-state index contributed by atoms with van der Waals surface area (Å²) in [4.78, 5) is 0. The van der Waals surface area contributed by atoms with E-state index in [1.54, 1.807) is 6.08 Å². The maximum atomic E-state index is 10.5. The van der Waals surface area contributed by atoms with Gasteiger partial charge in [0.15, 0.2) is 0 Å². The lowest BCUT2D eigenvalue weighted by atomic mass is 9.91. The van der Waals surface area contributed by atoms with Crippen LogP contribution in [0, 0.1) is 0 Å². The molecule has 0 atom stereocenters. The van der Waals surface area contributed by atoms with Gasteiger partial charge >= 0.3 is 0 Å². The van der Waals surface area contributed by atoms with Crippen molar-refractivity contribution in [2.45, 2.75) is 12.2 Å². The first-order valence-corrected chi connectivity index (χ1v) is 9.21. The van der Waals surface area contributed by atoms with Gasteiger partial charge in [-0.25, -0.2) is 0 Å². The summed E-state index contributed by atoms with van der Waals surface area (Å²) in [7, 11) is 0. The molecule has 0 unspecified atom stereocenters. The van der Waals surface area contributed by atoms with E-state index < -0.39 is 5.79 Å². The smallest absolute Gasteiger partial charge is 0.209 e. The summed E-state index contributed by atoms with van der Waals surface area (Å²) in [6, 6.07) is 27.4. The second-order valence-electron chi connectivity index (χ2n) is 6.83. The second kappa shape index (κ2) is 7.72. The molecule has 3 aromatic rings. The van der Waals surface area contributed by atoms with Crippen LogP contribution in [-0.4, -0.2) is 16.0 Å². The van der Waals surface area contributed by atoms with Gasteiger partial charge in [0.25, 0.3) is 0 Å². The lowest BCUT2D eigenvalue weighted by Crippen LogP contribution is -2.36. The Hall–Kier alpha value is -3.34. The molecular weight excluding hydrogens is 348 g/mol. The molecule has 0 amide bonds. The van der Waals surface area contributed by atoms with Gasteiger partial charge in [0.2, 0.25) is 5.79 Å². The van der Waals surface area contributed by atoms with Crippen LogP contribution in [0.1, 0.15) is 12.0 Å². The number of rotatable bonds is 5. The molecule has 28 heavy (non-hydrogen) atoms. The summed E-state index contributed by atoms with van der Waals surface area (Å²) in [5, 5.41) is 27.5. The van der Waals surface area contributed by atoms with Crippen molar-refractivity contribution in [3.8, 4) is 0 Å². The fourth-order valence-corrected chi connectivity index (χ4v) is 3.21. The number of hydrogen-bond donors (Lipinski definition) is 4. The summed E-state index contributed by atoms with van der Waals surface area (Å²) >= 11 is 0. The molecule has 0 aliphatic heterocycles. The fourth-order valence-electron chi connectivity index (χ4n) is 3.21. The van der Waals surface area contributed by atoms with Gasteiger partial charge in [0, 0.05) is 23.5 Å². The van der Waals surface area contributed by atoms with Crippen molar-refractivity contribution in [3.63, 3.8) is 0 Å². The molecule has 0 saturated carbocycles. The maximum Gasteiger partial charge on any atom is 0.209 e. The lowest BCUT2D eigenvalue weighted by molar-refractivity contribution is -0.122. The monoisotopic (exact) mass is 370 g/mol. The van der Waals surface area contributed by atoms with Crippen LogP contribution >= 0.6 is 0 Å². The predicted molar refractivity (Wildman–Crippen MR) is 114 cm³/mol. The maximum absolute atomic E-state index is 10.5. The molecule has 3 aromatic carbocycles. The van der Waals surface area contributed by atoms with Gasteiger partial charge in [0.05, 0.1) is 5.70 Å². The highest BCUT2D eigenvalue weighted by Gasteiger charge is 2.32. The third-order valence-electron chi connectivity index (χ3n) is 4.69. The summed E-state index contributed by atoms with van der Waals surface area (Å²) in [6.07, 6.45) is 3.77. The van der Waals surface area contributed by atoms with Crippen molar-refractivity contribution < 1.29 is 10.2 Å². The Morgan fingerprint density at radius 3 is 1.71 bits per heavy atom. The van der Waals surface area contributed by atoms with Gasteiger partial charge in [-0.2, -0.15) is 0 Å². The van der Waals surface area contributed by atoms with E-state index in [0.29, 0.717) is 5.70 Å². The molecule has 0 aromatic heterocycles. The summed E-state index contributed by atoms with van der Waals surface area (Å²) in [5.74, 6) is -1.94. The Labute approximate surface area is 164 Å². The van der Waals surface area contributed by atoms with Crippen LogP contribution in [0.5, 0.6) is 0 Å². The largest absolute Gasteiger partial charge is 0.361 e. The molecule has 0 spiro atoms. The van der Waals surface area contributed by atoms with Crippen molar-refractivity contribution >= 4 is 22.6 Å². The number of hydrogen-bond acceptors (Lipinski definition) is 4. The molecule has 0 bridgehead atoms. The van der Waals surface area contributed by atoms with Crippen molar-refractivity contribution in [1.82, 2.24) is 0 Å². The number of aliphatic hydroxyl groups is 2. The van der Waals surface area contributed by atoms with Gasteiger partial charge in [-0.1, -0.05) is 54.6 Å². The van der Waals surface area contributed by atoms with Crippen LogP contribution in [0.25, 0.3) is 5.57 Å². The molecule has 0 radical (unpaired) electrons. The minimum atomic E-state index is -1.94. The van der Waals surface area contributed by atoms with E-state index in [4.69, 9.17) is 0 Å². The average molecular weight is 370 g/mol. The molecule has 0 heterocycles. The quantitative estimate of drug-likeness (QED) is 0.483. The molecular formula is C24H22N2O2. The van der Waals surface area contributed by atoms with Crippen molar-refractivity contribution in [2.75, 3.05) is 10.6 Å². The van der Waals surface area contributed by atoms with E-state index in [1.165, 1.54) is 0 Å². The second-order valence-corrected chi connectivity index (χ2v) is 6.83. The molecule has 4 nitrogen and oxygen atoms in total. The minimum absolute atomic E-state index is 0.115. The topological polar surface area (TPSA) is 64.5 Å². The van der Waals surface area contributed by atoms with Gasteiger partial charge in [0.1, 0.15) is 0 Å². The predicted octanol–water partition coefficient (Wildman–Crippen LogP) is 4.89. The van der Waals surface area contributed by atoms with Gasteiger partial charge < -0.3 is 20.8 Å². The number of anilines is 3. The van der Waals surface area contributed by atoms with Gasteiger partial charge in [-0.15, -0.1) is 0 Å². The van der Waals surface area contributed by atoms with E-state index in [-0.39, 0.29) is 6.42 Å². The third-order valence-corrected chi connectivity index (χ3v) is 4.69. The highest BCUT2D eigenvalue weighted by molar-refractivity contribution is 5.73. The molecule has 0 saturated heterocycles. The summed E-state index contributed by atoms with van der Waals surface area (Å²) < 4.78 is 0. The van der Waals surface area contributed by atoms with Gasteiger partial charge in [-0.3, -0.25) is 0 Å². The van der Waals surface area contributed by atoms with Crippen LogP contribution < -0.4 is 10.6 Å². The Morgan fingerprint density at radius 2 is 1.14 bits per heavy atom. The number of benzene rings is 3. The highest BCUT2D eigenvalue weighted by Crippen LogP contribution is 2.34. The zero-order valence-corrected chi connectivity index (χ0v) is 15.3. The highest BCUT2D eigenvalue weighted by atomic mass is 16.5. The summed E-state index contributed by atoms with van der Waals surface area (Å²) in [5.41, 5.74) is 5.01. The van der Waals surface area contributed by atoms with E-state index >= 15 is 0 Å². The van der Waals surface area contributed by atoms with Crippen LogP contribution in [0.3, 0.4) is 0 Å². The molecule has 1 aliphatic rings. The van der Waals surface area contributed by atoms with E-state index in [2.05, 4.69) is 10.6 Å². The van der Waals surface area contributed by atoms with Crippen molar-refractivity contribution in [3.05, 3.63) is 108 Å². The normalized spacial score (nSPS) is 15.4. The van der Waals surface area contributed by atoms with Crippen LogP contribution in [0.4, 0.5) is 17.1 Å². The van der Waals surface area contributed by atoms with Gasteiger partial charge in [-0.05, 0) is 53.6 Å². The summed E-state index contributed by atoms with van der Waals surface area (Å²) in [6.45, 7) is 0. The van der Waals surface area contributed by atoms with E-state index in [0.717, 1.165) is 28.2 Å². The zero-order valence-electron chi connectivity index (χ0n) is 15.3. The first-order chi connectivity index (χ1) is 13.6. The van der Waals surface area contributed by atoms with Crippen LogP contribution in [0.15, 0.2) is 103 Å². The Morgan fingerprint density at radius 1 is 0.607 bits per heavy atom. The van der Waals surface area contributed by atoms with Crippen LogP contribution in [0.2, 0.25) is 0 Å². The molecule has 4 rings (SSSR count). The third kappa shape index (κ3) is 4.14. The standard InChI is InChI=1S/C24H22N2O2/c27-24(28)17-19(13-16-23(24)26-21-9-5-2-6-10-21)18-11-14-22(15-12-18)25-20-7-3-1-4-8-20/h1-16,25-28H,17H2. The number of allylic oxidation sites excluding steroid dienone is 2. The minimum Gasteiger partial charge on any atom is -0.361 e. The first-order valence-electron chi connectivity index (χ1n) is 9.21. The molecule has 140 valence electrons. The van der Waals surface area contributed by atoms with E-state index in [9.17, 15) is 10.2 Å². The van der Waals surface area contributed by atoms with Crippen LogP contribution in [-0.2, 0) is 0 Å². The lowest BCUT2D eigenvalue weighted by Gasteiger charge is -2.30. The zero-order chi connectivity index (χ0) is 19.4. The number of nitrogens with one attached hydrogen (secondary N) is 2. The molecule has 0 fully saturated rings. The van der Waals surface area contributed by atoms with Crippen molar-refractivity contribution in [2.24, 2.45) is 0 Å². The Kier molecular flexibility index (Phi) is 4.98. The van der Waals surface area contributed by atoms with Crippen molar-refractivity contribution in [1.29, 1.82) is 0 Å².